The second-order valence-electron chi connectivity index (χ2n) is 15.1. The summed E-state index contributed by atoms with van der Waals surface area (Å²) in [6, 6.07) is 58.1. The van der Waals surface area contributed by atoms with Crippen LogP contribution in [-0.2, 0) is 5.41 Å². The maximum atomic E-state index is 6.31. The van der Waals surface area contributed by atoms with Crippen LogP contribution in [0.4, 0.5) is 0 Å². The smallest absolute Gasteiger partial charge is 0.164 e. The Morgan fingerprint density at radius 1 is 0.382 bits per heavy atom. The summed E-state index contributed by atoms with van der Waals surface area (Å²) in [6.45, 7) is 0. The molecule has 11 rings (SSSR count). The summed E-state index contributed by atoms with van der Waals surface area (Å²) in [4.78, 5) is 15.5. The highest BCUT2D eigenvalue weighted by molar-refractivity contribution is 6.05. The maximum Gasteiger partial charge on any atom is 0.164 e. The van der Waals surface area contributed by atoms with E-state index in [0.29, 0.717) is 17.5 Å². The predicted octanol–water partition coefficient (Wildman–Crippen LogP) is 13.3. The molecule has 2 aromatic heterocycles. The van der Waals surface area contributed by atoms with Gasteiger partial charge in [-0.2, -0.15) is 0 Å². The van der Waals surface area contributed by atoms with E-state index in [1.165, 1.54) is 59.9 Å². The number of para-hydroxylation sites is 1. The standard InChI is InChI=1S/C51H37N3O/c1-3-14-33(15-4-1)34-16-11-18-36(30-34)48-52-49(54-50(53-48)38-26-27-41-40-20-6-8-25-45(40)55-46(41)32-38)37-19-12-17-35(31-37)39-22-13-24-44-47(39)42-21-5-7-23-43(42)51(44)28-9-2-10-29-51/h1,3-8,11-27,30-32H,2,9-10,28-29H2. The summed E-state index contributed by atoms with van der Waals surface area (Å²) in [5.41, 5.74) is 15.0. The third-order valence-corrected chi connectivity index (χ3v) is 11.9. The molecular formula is C51H37N3O. The van der Waals surface area contributed by atoms with Gasteiger partial charge in [0.1, 0.15) is 11.2 Å². The van der Waals surface area contributed by atoms with E-state index in [0.717, 1.165) is 55.3 Å². The first-order valence-electron chi connectivity index (χ1n) is 19.4. The van der Waals surface area contributed by atoms with Gasteiger partial charge in [-0.15, -0.1) is 0 Å². The molecule has 55 heavy (non-hydrogen) atoms. The van der Waals surface area contributed by atoms with Crippen molar-refractivity contribution < 1.29 is 4.42 Å². The van der Waals surface area contributed by atoms with E-state index in [4.69, 9.17) is 19.4 Å². The fourth-order valence-electron chi connectivity index (χ4n) is 9.36. The number of furan rings is 1. The van der Waals surface area contributed by atoms with Crippen LogP contribution in [-0.4, -0.2) is 15.0 Å². The zero-order chi connectivity index (χ0) is 36.3. The Hall–Kier alpha value is -6.65. The molecule has 1 saturated carbocycles. The third kappa shape index (κ3) is 5.24. The number of aromatic nitrogens is 3. The van der Waals surface area contributed by atoms with Crippen molar-refractivity contribution in [3.05, 3.63) is 175 Å². The SMILES string of the molecule is c1ccc(-c2cccc(-c3nc(-c4cccc(-c5cccc6c5-c5ccccc5C65CCCCC5)c4)nc(-c4ccc5c(c4)oc4ccccc45)n3)c2)cc1. The molecule has 262 valence electrons. The van der Waals surface area contributed by atoms with Gasteiger partial charge in [-0.1, -0.05) is 153 Å². The molecule has 0 N–H and O–H groups in total. The van der Waals surface area contributed by atoms with Crippen molar-refractivity contribution in [3.8, 4) is 67.5 Å². The van der Waals surface area contributed by atoms with E-state index < -0.39 is 0 Å². The van der Waals surface area contributed by atoms with E-state index in [-0.39, 0.29) is 5.41 Å². The molecule has 2 aliphatic carbocycles. The number of benzene rings is 7. The summed E-state index contributed by atoms with van der Waals surface area (Å²) in [6.07, 6.45) is 6.29. The Kier molecular flexibility index (Phi) is 7.38. The average molecular weight is 708 g/mol. The Morgan fingerprint density at radius 3 is 1.75 bits per heavy atom. The molecule has 0 bridgehead atoms. The Bertz CT molecular complexity index is 2920. The van der Waals surface area contributed by atoms with Gasteiger partial charge in [0, 0.05) is 32.9 Å². The van der Waals surface area contributed by atoms with Crippen molar-refractivity contribution in [2.75, 3.05) is 0 Å². The predicted molar refractivity (Wildman–Crippen MR) is 224 cm³/mol. The van der Waals surface area contributed by atoms with Gasteiger partial charge >= 0.3 is 0 Å². The van der Waals surface area contributed by atoms with Gasteiger partial charge < -0.3 is 4.42 Å². The summed E-state index contributed by atoms with van der Waals surface area (Å²) < 4.78 is 6.31. The summed E-state index contributed by atoms with van der Waals surface area (Å²) in [7, 11) is 0. The van der Waals surface area contributed by atoms with Crippen molar-refractivity contribution in [1.29, 1.82) is 0 Å². The second-order valence-corrected chi connectivity index (χ2v) is 15.1. The Balaban J connectivity index is 1.07. The lowest BCUT2D eigenvalue weighted by molar-refractivity contribution is 0.353. The van der Waals surface area contributed by atoms with Gasteiger partial charge in [0.2, 0.25) is 0 Å². The van der Waals surface area contributed by atoms with Gasteiger partial charge in [-0.05, 0) is 87.7 Å². The molecule has 2 heterocycles. The molecule has 1 spiro atoms. The average Bonchev–Trinajstić information content (AvgIpc) is 3.77. The van der Waals surface area contributed by atoms with Crippen LogP contribution in [0, 0.1) is 0 Å². The molecule has 4 heteroatoms. The van der Waals surface area contributed by atoms with Crippen molar-refractivity contribution in [3.63, 3.8) is 0 Å². The minimum atomic E-state index is 0.102. The number of hydrogen-bond donors (Lipinski definition) is 0. The third-order valence-electron chi connectivity index (χ3n) is 11.9. The first-order valence-corrected chi connectivity index (χ1v) is 19.4. The Labute approximate surface area is 320 Å². The van der Waals surface area contributed by atoms with Gasteiger partial charge in [0.25, 0.3) is 0 Å². The van der Waals surface area contributed by atoms with Gasteiger partial charge in [-0.25, -0.2) is 15.0 Å². The molecule has 7 aromatic carbocycles. The maximum absolute atomic E-state index is 6.31. The van der Waals surface area contributed by atoms with Gasteiger partial charge in [0.05, 0.1) is 0 Å². The van der Waals surface area contributed by atoms with Gasteiger partial charge in [0.15, 0.2) is 17.5 Å². The molecule has 9 aromatic rings. The van der Waals surface area contributed by atoms with Crippen LogP contribution in [0.3, 0.4) is 0 Å². The van der Waals surface area contributed by atoms with Crippen molar-refractivity contribution in [2.24, 2.45) is 0 Å². The van der Waals surface area contributed by atoms with Crippen LogP contribution >= 0.6 is 0 Å². The number of hydrogen-bond acceptors (Lipinski definition) is 4. The molecule has 4 nitrogen and oxygen atoms in total. The molecule has 0 unspecified atom stereocenters. The summed E-state index contributed by atoms with van der Waals surface area (Å²) in [5, 5.41) is 2.17. The van der Waals surface area contributed by atoms with Crippen LogP contribution in [0.1, 0.15) is 43.2 Å². The van der Waals surface area contributed by atoms with E-state index >= 15 is 0 Å². The lowest BCUT2D eigenvalue weighted by Crippen LogP contribution is -2.27. The minimum Gasteiger partial charge on any atom is -0.456 e. The largest absolute Gasteiger partial charge is 0.456 e. The molecular weight excluding hydrogens is 671 g/mol. The van der Waals surface area contributed by atoms with E-state index in [1.807, 2.05) is 24.3 Å². The zero-order valence-electron chi connectivity index (χ0n) is 30.4. The fourth-order valence-corrected chi connectivity index (χ4v) is 9.36. The molecule has 1 fully saturated rings. The van der Waals surface area contributed by atoms with Crippen LogP contribution in [0.2, 0.25) is 0 Å². The highest BCUT2D eigenvalue weighted by Gasteiger charge is 2.44. The van der Waals surface area contributed by atoms with Crippen molar-refractivity contribution in [1.82, 2.24) is 15.0 Å². The van der Waals surface area contributed by atoms with E-state index in [2.05, 4.69) is 140 Å². The van der Waals surface area contributed by atoms with Crippen LogP contribution < -0.4 is 0 Å². The highest BCUT2D eigenvalue weighted by Crippen LogP contribution is 2.57. The lowest BCUT2D eigenvalue weighted by atomic mass is 9.68. The van der Waals surface area contributed by atoms with Crippen LogP contribution in [0.5, 0.6) is 0 Å². The molecule has 0 atom stereocenters. The zero-order valence-corrected chi connectivity index (χ0v) is 30.4. The first-order chi connectivity index (χ1) is 27.2. The molecule has 2 aliphatic rings. The van der Waals surface area contributed by atoms with Gasteiger partial charge in [-0.3, -0.25) is 0 Å². The van der Waals surface area contributed by atoms with Crippen molar-refractivity contribution in [2.45, 2.75) is 37.5 Å². The number of fused-ring (bicyclic) bond motifs is 8. The monoisotopic (exact) mass is 707 g/mol. The summed E-state index contributed by atoms with van der Waals surface area (Å²) >= 11 is 0. The molecule has 0 radical (unpaired) electrons. The van der Waals surface area contributed by atoms with Crippen LogP contribution in [0.25, 0.3) is 89.5 Å². The normalized spacial score (nSPS) is 14.3. The van der Waals surface area contributed by atoms with Crippen molar-refractivity contribution >= 4 is 21.9 Å². The topological polar surface area (TPSA) is 51.8 Å². The number of nitrogens with zero attached hydrogens (tertiary/aromatic N) is 3. The molecule has 0 amide bonds. The quantitative estimate of drug-likeness (QED) is 0.179. The van der Waals surface area contributed by atoms with E-state index in [9.17, 15) is 0 Å². The van der Waals surface area contributed by atoms with Crippen LogP contribution in [0.15, 0.2) is 168 Å². The lowest BCUT2D eigenvalue weighted by Gasteiger charge is -2.36. The number of rotatable bonds is 5. The molecule has 0 aliphatic heterocycles. The second kappa shape index (κ2) is 12.7. The minimum absolute atomic E-state index is 0.102. The van der Waals surface area contributed by atoms with E-state index in [1.54, 1.807) is 0 Å². The Morgan fingerprint density at radius 2 is 0.945 bits per heavy atom. The molecule has 0 saturated heterocycles. The summed E-state index contributed by atoms with van der Waals surface area (Å²) in [5.74, 6) is 1.86. The fraction of sp³-hybridized carbons (Fsp3) is 0.118. The highest BCUT2D eigenvalue weighted by atomic mass is 16.3. The first kappa shape index (κ1) is 31.8.